The molecule has 2 saturated heterocycles. The number of rotatable bonds is 47. The second kappa shape index (κ2) is 49.7. The van der Waals surface area contributed by atoms with Gasteiger partial charge in [0, 0.05) is 32.2 Å². The van der Waals surface area contributed by atoms with Gasteiger partial charge in [0.15, 0.2) is 0 Å². The number of unbranched alkanes of at least 4 members (excludes halogenated alkanes) is 26. The van der Waals surface area contributed by atoms with E-state index in [9.17, 15) is 20.4 Å². The van der Waals surface area contributed by atoms with E-state index in [-0.39, 0.29) is 61.2 Å². The summed E-state index contributed by atoms with van der Waals surface area (Å²) < 4.78 is 47.4. The van der Waals surface area contributed by atoms with Crippen molar-refractivity contribution in [1.82, 2.24) is 0 Å². The lowest BCUT2D eigenvalue weighted by Gasteiger charge is -2.44. The molecule has 2 aliphatic rings. The van der Waals surface area contributed by atoms with E-state index in [0.29, 0.717) is 39.5 Å². The number of methoxy groups -OCH3 is 1. The summed E-state index contributed by atoms with van der Waals surface area (Å²) in [6, 6.07) is 0. The van der Waals surface area contributed by atoms with Crippen LogP contribution in [0.4, 0.5) is 0 Å². The molecule has 12 nitrogen and oxygen atoms in total. The zero-order valence-corrected chi connectivity index (χ0v) is 43.1. The summed E-state index contributed by atoms with van der Waals surface area (Å²) in [5, 5.41) is 44.2. The van der Waals surface area contributed by atoms with Crippen LogP contribution < -0.4 is 0 Å². The smallest absolute Gasteiger partial charge is 0.110 e. The van der Waals surface area contributed by atoms with Crippen LogP contribution in [0.15, 0.2) is 0 Å². The minimum absolute atomic E-state index is 0. The zero-order chi connectivity index (χ0) is 47.7. The lowest BCUT2D eigenvalue weighted by Crippen LogP contribution is -2.59. The van der Waals surface area contributed by atoms with E-state index in [0.717, 1.165) is 19.4 Å². The minimum atomic E-state index is -1.17. The fraction of sp³-hybridized carbons (Fsp3) is 1.00. The molecule has 0 aliphatic carbocycles. The molecule has 418 valence electrons. The highest BCUT2D eigenvalue weighted by molar-refractivity contribution is 4.94. The van der Waals surface area contributed by atoms with E-state index >= 15 is 0 Å². The molecule has 0 saturated carbocycles. The summed E-state index contributed by atoms with van der Waals surface area (Å²) in [6.45, 7) is 10.3. The van der Waals surface area contributed by atoms with Gasteiger partial charge in [0.05, 0.1) is 83.9 Å². The second-order valence-electron chi connectivity index (χ2n) is 19.7. The molecule has 10 atom stereocenters. The highest BCUT2D eigenvalue weighted by Crippen LogP contribution is 2.31. The highest BCUT2D eigenvalue weighted by Gasteiger charge is 2.46. The molecule has 0 amide bonds. The summed E-state index contributed by atoms with van der Waals surface area (Å²) in [5.74, 6) is -0.902. The molecule has 2 fully saturated rings. The molecule has 69 heavy (non-hydrogen) atoms. The van der Waals surface area contributed by atoms with Crippen molar-refractivity contribution in [2.45, 2.75) is 278 Å². The van der Waals surface area contributed by atoms with Crippen LogP contribution >= 0.6 is 0 Å². The quantitative estimate of drug-likeness (QED) is 0.0429. The first-order chi connectivity index (χ1) is 32.4. The van der Waals surface area contributed by atoms with Crippen molar-refractivity contribution in [3.8, 4) is 0 Å². The number of hydrogen-bond donors (Lipinski definition) is 4. The van der Waals surface area contributed by atoms with Gasteiger partial charge in [-0.05, 0) is 19.3 Å². The molecule has 4 unspecified atom stereocenters. The Kier molecular flexibility index (Phi) is 50.9. The molecular formula is C57H118O12. The van der Waals surface area contributed by atoms with Gasteiger partial charge in [0.2, 0.25) is 0 Å². The first-order valence-electron chi connectivity index (χ1n) is 27.8. The monoisotopic (exact) mass is 995 g/mol. The van der Waals surface area contributed by atoms with Gasteiger partial charge in [-0.25, -0.2) is 0 Å². The predicted molar refractivity (Wildman–Crippen MR) is 285 cm³/mol. The molecule has 4 N–H and O–H groups in total. The SMILES string of the molecule is C.C.C.CCCCCCCCCCCCCCCCOCCOCC1O[C@@H](COC[C@H]2C(O)C(O)[C@H](COC)O[C@H]2COCCOCCCCCCCCCCCCCCCC)C(O)[C@H](O)[C@@H]1CC. The van der Waals surface area contributed by atoms with Crippen molar-refractivity contribution in [1.29, 1.82) is 0 Å². The average molecular weight is 996 g/mol. The Bertz CT molecular complexity index is 1030. The van der Waals surface area contributed by atoms with Crippen LogP contribution in [-0.2, 0) is 37.9 Å². The standard InChI is InChI=1S/C54H106O12.3CH4/c1-5-8-10-12-14-16-18-20-22-24-26-28-30-32-34-60-36-38-62-42-47-45(7-3)51(55)54(58)50(65-47)44-64-40-46-48(66-49(41-59-4)53(57)52(46)56)43-63-39-37-61-35-33-31-29-27-25-23-21-19-17-15-13-11-9-6-2;;;/h45-58H,5-44H2,1-4H3;3*1H4/t45-,46-,47?,48+,49+,50+,51-,52?,53?,54?;;;/m1.../s1. The van der Waals surface area contributed by atoms with E-state index < -0.39 is 54.7 Å². The summed E-state index contributed by atoms with van der Waals surface area (Å²) in [5.41, 5.74) is 0. The van der Waals surface area contributed by atoms with Crippen LogP contribution in [-0.4, -0.2) is 149 Å². The molecule has 0 aromatic rings. The van der Waals surface area contributed by atoms with Gasteiger partial charge >= 0.3 is 0 Å². The van der Waals surface area contributed by atoms with E-state index in [1.807, 2.05) is 6.92 Å². The number of ether oxygens (including phenoxy) is 8. The lowest BCUT2D eigenvalue weighted by molar-refractivity contribution is -0.243. The highest BCUT2D eigenvalue weighted by atomic mass is 16.6. The largest absolute Gasteiger partial charge is 0.390 e. The van der Waals surface area contributed by atoms with Gasteiger partial charge in [0.25, 0.3) is 0 Å². The number of aliphatic hydroxyl groups is 4. The van der Waals surface area contributed by atoms with Gasteiger partial charge in [-0.2, -0.15) is 0 Å². The van der Waals surface area contributed by atoms with Gasteiger partial charge in [-0.15, -0.1) is 0 Å². The van der Waals surface area contributed by atoms with Crippen LogP contribution in [0.2, 0.25) is 0 Å². The molecule has 0 bridgehead atoms. The van der Waals surface area contributed by atoms with Crippen molar-refractivity contribution in [3.63, 3.8) is 0 Å². The average Bonchev–Trinajstić information content (AvgIpc) is 3.32. The zero-order valence-electron chi connectivity index (χ0n) is 43.1. The van der Waals surface area contributed by atoms with Crippen molar-refractivity contribution in [2.24, 2.45) is 11.8 Å². The predicted octanol–water partition coefficient (Wildman–Crippen LogP) is 12.2. The molecule has 2 heterocycles. The van der Waals surface area contributed by atoms with E-state index in [4.69, 9.17) is 37.9 Å². The Labute approximate surface area is 426 Å². The maximum atomic E-state index is 11.2. The topological polar surface area (TPSA) is 155 Å². The van der Waals surface area contributed by atoms with Crippen molar-refractivity contribution in [3.05, 3.63) is 0 Å². The van der Waals surface area contributed by atoms with E-state index in [1.54, 1.807) is 0 Å². The first kappa shape index (κ1) is 70.6. The van der Waals surface area contributed by atoms with Crippen molar-refractivity contribution < 1.29 is 58.3 Å². The molecule has 12 heteroatoms. The number of aliphatic hydroxyl groups excluding tert-OH is 4. The van der Waals surface area contributed by atoms with Gasteiger partial charge in [-0.1, -0.05) is 210 Å². The Morgan fingerprint density at radius 1 is 0.304 bits per heavy atom. The normalized spacial score (nSPS) is 24.7. The first-order valence-corrected chi connectivity index (χ1v) is 27.8. The fourth-order valence-corrected chi connectivity index (χ4v) is 9.63. The Balaban J connectivity index is 0. The Hall–Kier alpha value is -0.480. The van der Waals surface area contributed by atoms with Crippen molar-refractivity contribution in [2.75, 3.05) is 79.8 Å². The van der Waals surface area contributed by atoms with Crippen LogP contribution in [0.1, 0.15) is 229 Å². The molecule has 2 rings (SSSR count). The van der Waals surface area contributed by atoms with Gasteiger partial charge in [0.1, 0.15) is 24.4 Å². The Morgan fingerprint density at radius 3 is 0.971 bits per heavy atom. The summed E-state index contributed by atoms with van der Waals surface area (Å²) in [4.78, 5) is 0. The lowest BCUT2D eigenvalue weighted by atomic mass is 9.85. The van der Waals surface area contributed by atoms with Crippen LogP contribution in [0.3, 0.4) is 0 Å². The molecule has 0 spiro atoms. The van der Waals surface area contributed by atoms with E-state index in [1.165, 1.54) is 174 Å². The molecular weight excluding hydrogens is 877 g/mol. The van der Waals surface area contributed by atoms with Crippen LogP contribution in [0.5, 0.6) is 0 Å². The molecule has 2 aliphatic heterocycles. The third-order valence-electron chi connectivity index (χ3n) is 14.0. The molecule has 0 radical (unpaired) electrons. The minimum Gasteiger partial charge on any atom is -0.390 e. The summed E-state index contributed by atoms with van der Waals surface area (Å²) in [7, 11) is 1.53. The molecule has 0 aromatic heterocycles. The third kappa shape index (κ3) is 33.9. The Morgan fingerprint density at radius 2 is 0.609 bits per heavy atom. The van der Waals surface area contributed by atoms with Gasteiger partial charge < -0.3 is 58.3 Å². The number of hydrogen-bond acceptors (Lipinski definition) is 12. The second-order valence-corrected chi connectivity index (χ2v) is 19.7. The van der Waals surface area contributed by atoms with Crippen LogP contribution in [0.25, 0.3) is 0 Å². The maximum absolute atomic E-state index is 11.2. The van der Waals surface area contributed by atoms with Crippen molar-refractivity contribution >= 4 is 0 Å². The van der Waals surface area contributed by atoms with Crippen LogP contribution in [0, 0.1) is 11.8 Å². The fourth-order valence-electron chi connectivity index (χ4n) is 9.63. The van der Waals surface area contributed by atoms with E-state index in [2.05, 4.69) is 13.8 Å². The maximum Gasteiger partial charge on any atom is 0.110 e. The molecule has 0 aromatic carbocycles. The summed E-state index contributed by atoms with van der Waals surface area (Å²) >= 11 is 0. The summed E-state index contributed by atoms with van der Waals surface area (Å²) in [6.07, 6.45) is 30.9. The third-order valence-corrected chi connectivity index (χ3v) is 14.0. The van der Waals surface area contributed by atoms with Gasteiger partial charge in [-0.3, -0.25) is 0 Å².